The standard InChI is InChI=1S/C17H15Br2NO/c18-15-8-14(9-16(19)10-15)17(21)20-7-6-13(11-20)12-4-2-1-3-5-12/h1-5,8-10,13H,6-7,11H2. The molecule has 2 aromatic carbocycles. The van der Waals surface area contributed by atoms with E-state index in [1.54, 1.807) is 0 Å². The number of benzene rings is 2. The molecule has 1 aliphatic rings. The summed E-state index contributed by atoms with van der Waals surface area (Å²) in [6.45, 7) is 1.62. The highest BCUT2D eigenvalue weighted by molar-refractivity contribution is 9.11. The molecule has 1 heterocycles. The van der Waals surface area contributed by atoms with Gasteiger partial charge in [-0.3, -0.25) is 4.79 Å². The number of rotatable bonds is 2. The molecule has 0 spiro atoms. The Kier molecular flexibility index (Phi) is 4.45. The topological polar surface area (TPSA) is 20.3 Å². The smallest absolute Gasteiger partial charge is 0.253 e. The van der Waals surface area contributed by atoms with Gasteiger partial charge in [-0.2, -0.15) is 0 Å². The molecule has 0 bridgehead atoms. The number of nitrogens with zero attached hydrogens (tertiary/aromatic N) is 1. The molecule has 0 saturated carbocycles. The van der Waals surface area contributed by atoms with Gasteiger partial charge in [0.15, 0.2) is 0 Å². The van der Waals surface area contributed by atoms with Gasteiger partial charge in [-0.25, -0.2) is 0 Å². The van der Waals surface area contributed by atoms with Crippen molar-refractivity contribution in [3.8, 4) is 0 Å². The quantitative estimate of drug-likeness (QED) is 0.696. The van der Waals surface area contributed by atoms with Crippen LogP contribution >= 0.6 is 31.9 Å². The van der Waals surface area contributed by atoms with Crippen molar-refractivity contribution in [3.05, 3.63) is 68.6 Å². The summed E-state index contributed by atoms with van der Waals surface area (Å²) in [5.74, 6) is 0.557. The Labute approximate surface area is 141 Å². The average Bonchev–Trinajstić information content (AvgIpc) is 2.96. The predicted octanol–water partition coefficient (Wildman–Crippen LogP) is 4.84. The van der Waals surface area contributed by atoms with Crippen LogP contribution in [0, 0.1) is 0 Å². The van der Waals surface area contributed by atoms with Crippen LogP contribution in [0.5, 0.6) is 0 Å². The summed E-state index contributed by atoms with van der Waals surface area (Å²) < 4.78 is 1.83. The average molecular weight is 409 g/mol. The fraction of sp³-hybridized carbons (Fsp3) is 0.235. The second kappa shape index (κ2) is 6.32. The minimum Gasteiger partial charge on any atom is -0.338 e. The van der Waals surface area contributed by atoms with E-state index in [1.807, 2.05) is 29.2 Å². The van der Waals surface area contributed by atoms with Gasteiger partial charge in [0.25, 0.3) is 5.91 Å². The summed E-state index contributed by atoms with van der Waals surface area (Å²) in [4.78, 5) is 14.6. The normalized spacial score (nSPS) is 18.0. The number of amides is 1. The van der Waals surface area contributed by atoms with Gasteiger partial charge in [-0.05, 0) is 30.2 Å². The SMILES string of the molecule is O=C(c1cc(Br)cc(Br)c1)N1CCC(c2ccccc2)C1. The van der Waals surface area contributed by atoms with Crippen LogP contribution in [0.3, 0.4) is 0 Å². The van der Waals surface area contributed by atoms with Crippen LogP contribution in [0.2, 0.25) is 0 Å². The van der Waals surface area contributed by atoms with Crippen LogP contribution in [0.4, 0.5) is 0 Å². The molecule has 1 aliphatic heterocycles. The first-order chi connectivity index (χ1) is 10.1. The molecular weight excluding hydrogens is 394 g/mol. The third-order valence-electron chi connectivity index (χ3n) is 3.86. The Morgan fingerprint density at radius 3 is 2.38 bits per heavy atom. The monoisotopic (exact) mass is 407 g/mol. The molecule has 1 unspecified atom stereocenters. The van der Waals surface area contributed by atoms with Gasteiger partial charge >= 0.3 is 0 Å². The van der Waals surface area contributed by atoms with Gasteiger partial charge in [0.1, 0.15) is 0 Å². The lowest BCUT2D eigenvalue weighted by Crippen LogP contribution is -2.28. The van der Waals surface area contributed by atoms with Crippen molar-refractivity contribution in [2.45, 2.75) is 12.3 Å². The molecule has 2 aromatic rings. The van der Waals surface area contributed by atoms with E-state index < -0.39 is 0 Å². The Morgan fingerprint density at radius 2 is 1.71 bits per heavy atom. The molecule has 1 saturated heterocycles. The Bertz CT molecular complexity index is 637. The number of likely N-dealkylation sites (tertiary alicyclic amines) is 1. The lowest BCUT2D eigenvalue weighted by atomic mass is 9.99. The highest BCUT2D eigenvalue weighted by Gasteiger charge is 2.28. The van der Waals surface area contributed by atoms with Crippen molar-refractivity contribution in [3.63, 3.8) is 0 Å². The summed E-state index contributed by atoms with van der Waals surface area (Å²) in [6, 6.07) is 16.1. The lowest BCUT2D eigenvalue weighted by molar-refractivity contribution is 0.0790. The molecule has 1 fully saturated rings. The molecule has 0 aromatic heterocycles. The highest BCUT2D eigenvalue weighted by atomic mass is 79.9. The van der Waals surface area contributed by atoms with Gasteiger partial charge < -0.3 is 4.90 Å². The fourth-order valence-corrected chi connectivity index (χ4v) is 4.10. The van der Waals surface area contributed by atoms with Crippen molar-refractivity contribution in [2.75, 3.05) is 13.1 Å². The van der Waals surface area contributed by atoms with Crippen molar-refractivity contribution >= 4 is 37.8 Å². The van der Waals surface area contributed by atoms with Crippen LogP contribution in [0.25, 0.3) is 0 Å². The Balaban J connectivity index is 1.75. The number of hydrogen-bond acceptors (Lipinski definition) is 1. The van der Waals surface area contributed by atoms with Gasteiger partial charge in [0.05, 0.1) is 0 Å². The van der Waals surface area contributed by atoms with Crippen molar-refractivity contribution in [2.24, 2.45) is 0 Å². The van der Waals surface area contributed by atoms with E-state index in [2.05, 4.69) is 56.1 Å². The summed E-state index contributed by atoms with van der Waals surface area (Å²) >= 11 is 6.88. The lowest BCUT2D eigenvalue weighted by Gasteiger charge is -2.17. The van der Waals surface area contributed by atoms with Crippen LogP contribution in [-0.2, 0) is 0 Å². The Morgan fingerprint density at radius 1 is 1.05 bits per heavy atom. The predicted molar refractivity (Wildman–Crippen MR) is 91.5 cm³/mol. The number of halogens is 2. The highest BCUT2D eigenvalue weighted by Crippen LogP contribution is 2.29. The van der Waals surface area contributed by atoms with Gasteiger partial charge in [0, 0.05) is 33.5 Å². The maximum atomic E-state index is 12.6. The second-order valence-corrected chi connectivity index (χ2v) is 7.14. The zero-order valence-corrected chi connectivity index (χ0v) is 14.6. The largest absolute Gasteiger partial charge is 0.338 e. The molecule has 21 heavy (non-hydrogen) atoms. The minimum absolute atomic E-state index is 0.107. The first kappa shape index (κ1) is 14.8. The molecular formula is C17H15Br2NO. The van der Waals surface area contributed by atoms with Crippen LogP contribution in [-0.4, -0.2) is 23.9 Å². The molecule has 0 N–H and O–H groups in total. The third kappa shape index (κ3) is 3.38. The maximum Gasteiger partial charge on any atom is 0.253 e. The first-order valence-electron chi connectivity index (χ1n) is 6.94. The van der Waals surface area contributed by atoms with E-state index in [-0.39, 0.29) is 5.91 Å². The second-order valence-electron chi connectivity index (χ2n) is 5.31. The van der Waals surface area contributed by atoms with E-state index in [0.29, 0.717) is 5.92 Å². The molecule has 4 heteroatoms. The van der Waals surface area contributed by atoms with Crippen molar-refractivity contribution in [1.29, 1.82) is 0 Å². The van der Waals surface area contributed by atoms with E-state index in [0.717, 1.165) is 34.0 Å². The maximum absolute atomic E-state index is 12.6. The molecule has 0 radical (unpaired) electrons. The Hall–Kier alpha value is -1.13. The van der Waals surface area contributed by atoms with E-state index in [9.17, 15) is 4.79 Å². The van der Waals surface area contributed by atoms with Crippen LogP contribution < -0.4 is 0 Å². The number of hydrogen-bond donors (Lipinski definition) is 0. The van der Waals surface area contributed by atoms with Crippen molar-refractivity contribution < 1.29 is 4.79 Å². The van der Waals surface area contributed by atoms with Gasteiger partial charge in [0.2, 0.25) is 0 Å². The summed E-state index contributed by atoms with van der Waals surface area (Å²) in [6.07, 6.45) is 1.03. The number of carbonyl (C=O) groups is 1. The summed E-state index contributed by atoms with van der Waals surface area (Å²) in [5.41, 5.74) is 2.05. The van der Waals surface area contributed by atoms with E-state index in [1.165, 1.54) is 5.56 Å². The van der Waals surface area contributed by atoms with E-state index >= 15 is 0 Å². The van der Waals surface area contributed by atoms with Gasteiger partial charge in [-0.1, -0.05) is 62.2 Å². The zero-order chi connectivity index (χ0) is 14.8. The van der Waals surface area contributed by atoms with Gasteiger partial charge in [-0.15, -0.1) is 0 Å². The van der Waals surface area contributed by atoms with Crippen LogP contribution in [0.15, 0.2) is 57.5 Å². The van der Waals surface area contributed by atoms with E-state index in [4.69, 9.17) is 0 Å². The molecule has 1 atom stereocenters. The molecule has 0 aliphatic carbocycles. The molecule has 2 nitrogen and oxygen atoms in total. The summed E-state index contributed by atoms with van der Waals surface area (Å²) in [5, 5.41) is 0. The van der Waals surface area contributed by atoms with Crippen LogP contribution in [0.1, 0.15) is 28.3 Å². The number of carbonyl (C=O) groups excluding carboxylic acids is 1. The van der Waals surface area contributed by atoms with Crippen molar-refractivity contribution in [1.82, 2.24) is 4.90 Å². The molecule has 3 rings (SSSR count). The third-order valence-corrected chi connectivity index (χ3v) is 4.77. The molecule has 108 valence electrons. The fourth-order valence-electron chi connectivity index (χ4n) is 2.80. The minimum atomic E-state index is 0.107. The summed E-state index contributed by atoms with van der Waals surface area (Å²) in [7, 11) is 0. The zero-order valence-electron chi connectivity index (χ0n) is 11.4. The molecule has 1 amide bonds. The first-order valence-corrected chi connectivity index (χ1v) is 8.52.